The molecule has 2 nitrogen and oxygen atoms in total. The van der Waals surface area contributed by atoms with Crippen LogP contribution in [0, 0.1) is 5.92 Å². The van der Waals surface area contributed by atoms with Gasteiger partial charge in [-0.25, -0.2) is 0 Å². The van der Waals surface area contributed by atoms with Crippen molar-refractivity contribution in [1.29, 1.82) is 0 Å². The second kappa shape index (κ2) is 18.1. The minimum Gasteiger partial charge on any atom is -0.481 e. The lowest BCUT2D eigenvalue weighted by atomic mass is 9.98. The first-order chi connectivity index (χ1) is 11.2. The van der Waals surface area contributed by atoms with Crippen molar-refractivity contribution in [2.75, 3.05) is 5.88 Å². The molecule has 0 aromatic rings. The van der Waals surface area contributed by atoms with E-state index < -0.39 is 5.97 Å². The maximum Gasteiger partial charge on any atom is 0.306 e. The number of hydrogen-bond acceptors (Lipinski definition) is 1. The van der Waals surface area contributed by atoms with E-state index in [2.05, 4.69) is 6.92 Å². The first kappa shape index (κ1) is 22.8. The largest absolute Gasteiger partial charge is 0.481 e. The molecule has 1 atom stereocenters. The molecule has 0 aliphatic rings. The van der Waals surface area contributed by atoms with Gasteiger partial charge in [0.15, 0.2) is 0 Å². The summed E-state index contributed by atoms with van der Waals surface area (Å²) in [6.45, 7) is 2.27. The summed E-state index contributed by atoms with van der Waals surface area (Å²) in [5.41, 5.74) is 0. The fourth-order valence-electron chi connectivity index (χ4n) is 3.11. The van der Waals surface area contributed by atoms with E-state index >= 15 is 0 Å². The van der Waals surface area contributed by atoms with Crippen molar-refractivity contribution in [3.63, 3.8) is 0 Å². The number of alkyl halides is 1. The van der Waals surface area contributed by atoms with E-state index in [1.807, 2.05) is 0 Å². The molecular formula is C20H39ClO2. The molecule has 0 bridgehead atoms. The molecule has 0 spiro atoms. The first-order valence-corrected chi connectivity index (χ1v) is 10.5. The SMILES string of the molecule is CCCCCCCCCCCCCCCCC(CCCl)C(=O)O. The van der Waals surface area contributed by atoms with Crippen molar-refractivity contribution in [2.24, 2.45) is 5.92 Å². The van der Waals surface area contributed by atoms with Gasteiger partial charge in [-0.2, -0.15) is 0 Å². The van der Waals surface area contributed by atoms with Gasteiger partial charge in [0.25, 0.3) is 0 Å². The molecule has 0 aliphatic carbocycles. The van der Waals surface area contributed by atoms with Crippen molar-refractivity contribution in [3.05, 3.63) is 0 Å². The van der Waals surface area contributed by atoms with Gasteiger partial charge in [0.2, 0.25) is 0 Å². The number of carboxylic acid groups (broad SMARTS) is 1. The molecule has 0 amide bonds. The van der Waals surface area contributed by atoms with Gasteiger partial charge in [0, 0.05) is 5.88 Å². The van der Waals surface area contributed by atoms with Crippen LogP contribution in [0.15, 0.2) is 0 Å². The average molecular weight is 347 g/mol. The highest BCUT2D eigenvalue weighted by molar-refractivity contribution is 6.17. The third kappa shape index (κ3) is 16.4. The van der Waals surface area contributed by atoms with Crippen LogP contribution in [0.5, 0.6) is 0 Å². The van der Waals surface area contributed by atoms with Gasteiger partial charge in [-0.3, -0.25) is 4.79 Å². The van der Waals surface area contributed by atoms with Gasteiger partial charge < -0.3 is 5.11 Å². The number of unbranched alkanes of at least 4 members (excludes halogenated alkanes) is 13. The molecular weight excluding hydrogens is 308 g/mol. The summed E-state index contributed by atoms with van der Waals surface area (Å²) < 4.78 is 0. The Hall–Kier alpha value is -0.240. The monoisotopic (exact) mass is 346 g/mol. The highest BCUT2D eigenvalue weighted by Crippen LogP contribution is 2.17. The Bertz CT molecular complexity index is 256. The number of carboxylic acids is 1. The Morgan fingerprint density at radius 3 is 1.48 bits per heavy atom. The number of rotatable bonds is 18. The van der Waals surface area contributed by atoms with Crippen molar-refractivity contribution < 1.29 is 9.90 Å². The molecule has 0 aromatic carbocycles. The Balaban J connectivity index is 3.20. The minimum atomic E-state index is -0.680. The molecule has 1 N–H and O–H groups in total. The van der Waals surface area contributed by atoms with Crippen LogP contribution < -0.4 is 0 Å². The summed E-state index contributed by atoms with van der Waals surface area (Å²) in [4.78, 5) is 11.0. The third-order valence-corrected chi connectivity index (χ3v) is 4.93. The normalized spacial score (nSPS) is 12.4. The summed E-state index contributed by atoms with van der Waals surface area (Å²) in [6.07, 6.45) is 20.1. The molecule has 0 radical (unpaired) electrons. The van der Waals surface area contributed by atoms with Crippen LogP contribution in [0.3, 0.4) is 0 Å². The van der Waals surface area contributed by atoms with Gasteiger partial charge in [0.05, 0.1) is 5.92 Å². The lowest BCUT2D eigenvalue weighted by Gasteiger charge is -2.10. The predicted octanol–water partition coefficient (Wildman–Crippen LogP) is 7.19. The molecule has 23 heavy (non-hydrogen) atoms. The third-order valence-electron chi connectivity index (χ3n) is 4.71. The van der Waals surface area contributed by atoms with Gasteiger partial charge in [-0.05, 0) is 12.8 Å². The van der Waals surface area contributed by atoms with E-state index in [0.717, 1.165) is 12.8 Å². The minimum absolute atomic E-state index is 0.232. The molecule has 138 valence electrons. The lowest BCUT2D eigenvalue weighted by molar-refractivity contribution is -0.142. The summed E-state index contributed by atoms with van der Waals surface area (Å²) in [5.74, 6) is -0.458. The van der Waals surface area contributed by atoms with E-state index in [4.69, 9.17) is 16.7 Å². The number of aliphatic carboxylic acids is 1. The molecule has 0 heterocycles. The Kier molecular flexibility index (Phi) is 17.9. The first-order valence-electron chi connectivity index (χ1n) is 10.0. The van der Waals surface area contributed by atoms with Gasteiger partial charge in [-0.15, -0.1) is 11.6 Å². The number of carbonyl (C=O) groups is 1. The maximum absolute atomic E-state index is 11.0. The van der Waals surface area contributed by atoms with E-state index in [1.165, 1.54) is 83.5 Å². The summed E-state index contributed by atoms with van der Waals surface area (Å²) >= 11 is 5.64. The summed E-state index contributed by atoms with van der Waals surface area (Å²) in [5, 5.41) is 9.05. The standard InChI is InChI=1S/C20H39ClO2/c1-2-3-4-5-6-7-8-9-10-11-12-13-14-15-16-19(17-18-21)20(22)23/h19H,2-18H2,1H3,(H,22,23). The Labute approximate surface area is 149 Å². The maximum atomic E-state index is 11.0. The van der Waals surface area contributed by atoms with E-state index in [9.17, 15) is 4.79 Å². The van der Waals surface area contributed by atoms with Gasteiger partial charge >= 0.3 is 5.97 Å². The van der Waals surface area contributed by atoms with Crippen LogP contribution in [0.1, 0.15) is 110 Å². The highest BCUT2D eigenvalue weighted by atomic mass is 35.5. The van der Waals surface area contributed by atoms with E-state index in [0.29, 0.717) is 12.3 Å². The van der Waals surface area contributed by atoms with Gasteiger partial charge in [0.1, 0.15) is 0 Å². The molecule has 0 aliphatic heterocycles. The number of halogens is 1. The van der Waals surface area contributed by atoms with Crippen LogP contribution in [0.25, 0.3) is 0 Å². The fraction of sp³-hybridized carbons (Fsp3) is 0.950. The summed E-state index contributed by atoms with van der Waals surface area (Å²) in [6, 6.07) is 0. The molecule has 3 heteroatoms. The second-order valence-corrected chi connectivity index (χ2v) is 7.28. The van der Waals surface area contributed by atoms with Crippen molar-refractivity contribution >= 4 is 17.6 Å². The van der Waals surface area contributed by atoms with Crippen molar-refractivity contribution in [3.8, 4) is 0 Å². The Morgan fingerprint density at radius 1 is 0.739 bits per heavy atom. The fourth-order valence-corrected chi connectivity index (χ4v) is 3.37. The zero-order chi connectivity index (χ0) is 17.2. The van der Waals surface area contributed by atoms with Crippen molar-refractivity contribution in [1.82, 2.24) is 0 Å². The number of hydrogen-bond donors (Lipinski definition) is 1. The molecule has 0 saturated carbocycles. The zero-order valence-electron chi connectivity index (χ0n) is 15.3. The van der Waals surface area contributed by atoms with E-state index in [1.54, 1.807) is 0 Å². The van der Waals surface area contributed by atoms with Gasteiger partial charge in [-0.1, -0.05) is 96.8 Å². The molecule has 0 rings (SSSR count). The molecule has 1 unspecified atom stereocenters. The molecule has 0 aromatic heterocycles. The molecule has 0 fully saturated rings. The van der Waals surface area contributed by atoms with Crippen LogP contribution in [-0.4, -0.2) is 17.0 Å². The topological polar surface area (TPSA) is 37.3 Å². The van der Waals surface area contributed by atoms with Crippen LogP contribution in [-0.2, 0) is 4.79 Å². The summed E-state index contributed by atoms with van der Waals surface area (Å²) in [7, 11) is 0. The van der Waals surface area contributed by atoms with Crippen LogP contribution >= 0.6 is 11.6 Å². The predicted molar refractivity (Wildman–Crippen MR) is 101 cm³/mol. The Morgan fingerprint density at radius 2 is 1.13 bits per heavy atom. The van der Waals surface area contributed by atoms with Crippen molar-refractivity contribution in [2.45, 2.75) is 110 Å². The van der Waals surface area contributed by atoms with Crippen LogP contribution in [0.4, 0.5) is 0 Å². The zero-order valence-corrected chi connectivity index (χ0v) is 16.1. The average Bonchev–Trinajstić information content (AvgIpc) is 2.54. The lowest BCUT2D eigenvalue weighted by Crippen LogP contribution is -2.14. The van der Waals surface area contributed by atoms with E-state index in [-0.39, 0.29) is 5.92 Å². The van der Waals surface area contributed by atoms with Crippen LogP contribution in [0.2, 0.25) is 0 Å². The second-order valence-electron chi connectivity index (χ2n) is 6.90. The highest BCUT2D eigenvalue weighted by Gasteiger charge is 2.15. The molecule has 0 saturated heterocycles. The smallest absolute Gasteiger partial charge is 0.306 e. The quantitative estimate of drug-likeness (QED) is 0.210.